The lowest BCUT2D eigenvalue weighted by atomic mass is 10.1. The molecule has 6 rings (SSSR count). The number of amides is 1. The van der Waals surface area contributed by atoms with E-state index in [1.807, 2.05) is 60.7 Å². The molecule has 0 aliphatic carbocycles. The number of hydrazone groups is 1. The van der Waals surface area contributed by atoms with Gasteiger partial charge in [0.25, 0.3) is 5.91 Å². The van der Waals surface area contributed by atoms with Gasteiger partial charge in [-0.1, -0.05) is 87.9 Å². The van der Waals surface area contributed by atoms with Crippen LogP contribution in [0.5, 0.6) is 0 Å². The number of nitrogens with zero attached hydrogens (tertiary/aromatic N) is 3. The highest BCUT2D eigenvalue weighted by molar-refractivity contribution is 9.10. The van der Waals surface area contributed by atoms with Crippen LogP contribution in [0.25, 0.3) is 17.0 Å². The number of carbonyl (C=O) groups excluding carboxylic acids is 1. The molecule has 8 heteroatoms. The highest BCUT2D eigenvalue weighted by Crippen LogP contribution is 2.34. The summed E-state index contributed by atoms with van der Waals surface area (Å²) < 4.78 is 7.25. The van der Waals surface area contributed by atoms with Gasteiger partial charge >= 0.3 is 0 Å². The SMILES string of the molecule is Cc1ccc(CSC2=NN3C(=c4ccccc4=N[C@@H]3c3ccc(-c4ccc(Br)cc4)o3)C(=O)N2)cc1. The Morgan fingerprint density at radius 1 is 1.00 bits per heavy atom. The van der Waals surface area contributed by atoms with E-state index in [1.165, 1.54) is 17.3 Å². The van der Waals surface area contributed by atoms with Gasteiger partial charge in [0, 0.05) is 21.0 Å². The Bertz CT molecular complexity index is 1610. The van der Waals surface area contributed by atoms with Crippen LogP contribution in [0.4, 0.5) is 0 Å². The molecular formula is C28H21BrN4O2S. The van der Waals surface area contributed by atoms with Crippen molar-refractivity contribution >= 4 is 44.5 Å². The summed E-state index contributed by atoms with van der Waals surface area (Å²) in [7, 11) is 0. The maximum absolute atomic E-state index is 13.3. The Kier molecular flexibility index (Phi) is 5.99. The van der Waals surface area contributed by atoms with Crippen molar-refractivity contribution in [1.82, 2.24) is 10.3 Å². The summed E-state index contributed by atoms with van der Waals surface area (Å²) in [4.78, 5) is 18.3. The van der Waals surface area contributed by atoms with Crippen molar-refractivity contribution in [1.29, 1.82) is 0 Å². The number of para-hydroxylation sites is 1. The molecular weight excluding hydrogens is 536 g/mol. The van der Waals surface area contributed by atoms with Crippen LogP contribution >= 0.6 is 27.7 Å². The second kappa shape index (κ2) is 9.44. The normalized spacial score (nSPS) is 16.6. The molecule has 1 atom stereocenters. The zero-order valence-corrected chi connectivity index (χ0v) is 21.7. The molecule has 0 bridgehead atoms. The van der Waals surface area contributed by atoms with Crippen LogP contribution in [-0.4, -0.2) is 16.1 Å². The largest absolute Gasteiger partial charge is 0.457 e. The Labute approximate surface area is 220 Å². The lowest BCUT2D eigenvalue weighted by molar-refractivity contribution is -0.116. The number of halogens is 1. The van der Waals surface area contributed by atoms with Gasteiger partial charge in [-0.3, -0.25) is 10.1 Å². The first-order chi connectivity index (χ1) is 17.5. The van der Waals surface area contributed by atoms with Gasteiger partial charge in [-0.2, -0.15) is 0 Å². The third kappa shape index (κ3) is 4.38. The third-order valence-corrected chi connectivity index (χ3v) is 7.49. The minimum atomic E-state index is -0.597. The number of thioether (sulfide) groups is 1. The van der Waals surface area contributed by atoms with Crippen LogP contribution in [0.2, 0.25) is 0 Å². The first kappa shape index (κ1) is 22.8. The summed E-state index contributed by atoms with van der Waals surface area (Å²) in [6.07, 6.45) is -0.597. The summed E-state index contributed by atoms with van der Waals surface area (Å²) in [5, 5.41) is 11.5. The minimum Gasteiger partial charge on any atom is -0.457 e. The van der Waals surface area contributed by atoms with Crippen molar-refractivity contribution in [2.75, 3.05) is 0 Å². The molecule has 3 aromatic carbocycles. The number of amidine groups is 1. The fourth-order valence-electron chi connectivity index (χ4n) is 4.17. The number of aryl methyl sites for hydroxylation is 1. The van der Waals surface area contributed by atoms with Crippen LogP contribution in [0.1, 0.15) is 23.1 Å². The molecule has 4 aromatic rings. The molecule has 1 N–H and O–H groups in total. The van der Waals surface area contributed by atoms with Crippen LogP contribution in [-0.2, 0) is 10.5 Å². The zero-order chi connectivity index (χ0) is 24.6. The summed E-state index contributed by atoms with van der Waals surface area (Å²) in [6.45, 7) is 2.06. The molecule has 0 unspecified atom stereocenters. The maximum Gasteiger partial charge on any atom is 0.276 e. The Hall–Kier alpha value is -3.62. The van der Waals surface area contributed by atoms with Crippen molar-refractivity contribution < 1.29 is 9.21 Å². The highest BCUT2D eigenvalue weighted by Gasteiger charge is 2.36. The molecule has 0 saturated carbocycles. The fraction of sp³-hybridized carbons (Fsp3) is 0.107. The van der Waals surface area contributed by atoms with E-state index in [0.717, 1.165) is 31.9 Å². The highest BCUT2D eigenvalue weighted by atomic mass is 79.9. The number of rotatable bonds is 4. The number of benzene rings is 3. The summed E-state index contributed by atoms with van der Waals surface area (Å²) in [5.41, 5.74) is 3.79. The lowest BCUT2D eigenvalue weighted by Crippen LogP contribution is -2.50. The maximum atomic E-state index is 13.3. The monoisotopic (exact) mass is 556 g/mol. The molecule has 6 nitrogen and oxygen atoms in total. The van der Waals surface area contributed by atoms with Gasteiger partial charge in [0.2, 0.25) is 6.17 Å². The van der Waals surface area contributed by atoms with E-state index in [0.29, 0.717) is 22.4 Å². The summed E-state index contributed by atoms with van der Waals surface area (Å²) in [6, 6.07) is 27.7. The predicted octanol–water partition coefficient (Wildman–Crippen LogP) is 5.09. The molecule has 0 spiro atoms. The smallest absolute Gasteiger partial charge is 0.276 e. The van der Waals surface area contributed by atoms with Gasteiger partial charge in [0.1, 0.15) is 11.5 Å². The van der Waals surface area contributed by atoms with E-state index < -0.39 is 6.17 Å². The number of fused-ring (bicyclic) bond motifs is 2. The van der Waals surface area contributed by atoms with E-state index in [-0.39, 0.29) is 5.91 Å². The van der Waals surface area contributed by atoms with Gasteiger partial charge in [-0.25, -0.2) is 10.0 Å². The first-order valence-electron chi connectivity index (χ1n) is 11.5. The fourth-order valence-corrected chi connectivity index (χ4v) is 5.25. The van der Waals surface area contributed by atoms with E-state index in [4.69, 9.17) is 14.5 Å². The number of hydrogen-bond donors (Lipinski definition) is 1. The quantitative estimate of drug-likeness (QED) is 0.380. The van der Waals surface area contributed by atoms with Crippen molar-refractivity contribution in [2.24, 2.45) is 10.1 Å². The molecule has 1 amide bonds. The van der Waals surface area contributed by atoms with Crippen LogP contribution < -0.4 is 15.9 Å². The molecule has 36 heavy (non-hydrogen) atoms. The first-order valence-corrected chi connectivity index (χ1v) is 13.2. The molecule has 2 aliphatic rings. The summed E-state index contributed by atoms with van der Waals surface area (Å²) in [5.74, 6) is 1.83. The molecule has 2 aliphatic heterocycles. The Morgan fingerprint density at radius 2 is 1.78 bits per heavy atom. The van der Waals surface area contributed by atoms with Gasteiger partial charge < -0.3 is 4.42 Å². The number of hydrogen-bond acceptors (Lipinski definition) is 6. The second-order valence-corrected chi connectivity index (χ2v) is 10.4. The van der Waals surface area contributed by atoms with Crippen LogP contribution in [0, 0.1) is 6.92 Å². The van der Waals surface area contributed by atoms with Crippen molar-refractivity contribution in [3.63, 3.8) is 0 Å². The van der Waals surface area contributed by atoms with Gasteiger partial charge in [-0.05, 0) is 42.8 Å². The zero-order valence-electron chi connectivity index (χ0n) is 19.3. The third-order valence-electron chi connectivity index (χ3n) is 6.02. The number of nitrogens with one attached hydrogen (secondary N) is 1. The topological polar surface area (TPSA) is 70.2 Å². The van der Waals surface area contributed by atoms with Crippen LogP contribution in [0.3, 0.4) is 0 Å². The van der Waals surface area contributed by atoms with E-state index in [1.54, 1.807) is 5.01 Å². The molecule has 178 valence electrons. The summed E-state index contributed by atoms with van der Waals surface area (Å²) >= 11 is 4.96. The van der Waals surface area contributed by atoms with Gasteiger partial charge in [0.05, 0.1) is 5.36 Å². The van der Waals surface area contributed by atoms with Gasteiger partial charge in [-0.15, -0.1) is 5.10 Å². The number of carbonyl (C=O) groups is 1. The molecule has 3 heterocycles. The van der Waals surface area contributed by atoms with Crippen LogP contribution in [0.15, 0.2) is 104 Å². The molecule has 0 saturated heterocycles. The minimum absolute atomic E-state index is 0.205. The molecule has 0 fully saturated rings. The van der Waals surface area contributed by atoms with E-state index >= 15 is 0 Å². The lowest BCUT2D eigenvalue weighted by Gasteiger charge is -2.32. The van der Waals surface area contributed by atoms with Crippen molar-refractivity contribution in [3.8, 4) is 11.3 Å². The van der Waals surface area contributed by atoms with Gasteiger partial charge in [0.15, 0.2) is 10.9 Å². The standard InChI is InChI=1S/C28H21BrN4O2S/c1-17-6-8-18(9-7-17)16-36-28-31-27(34)25-21-4-2-3-5-22(21)30-26(33(25)32-28)24-15-14-23(35-24)19-10-12-20(29)13-11-19/h2-15,26H,16H2,1H3,(H,31,32,34)/t26-/m0/s1. The molecule has 1 aromatic heterocycles. The average Bonchev–Trinajstić information content (AvgIpc) is 3.38. The average molecular weight is 557 g/mol. The Morgan fingerprint density at radius 3 is 2.58 bits per heavy atom. The Balaban J connectivity index is 1.38. The number of furan rings is 1. The van der Waals surface area contributed by atoms with E-state index in [9.17, 15) is 4.79 Å². The van der Waals surface area contributed by atoms with Crippen molar-refractivity contribution in [2.45, 2.75) is 18.8 Å². The predicted molar refractivity (Wildman–Crippen MR) is 145 cm³/mol. The van der Waals surface area contributed by atoms with E-state index in [2.05, 4.69) is 52.4 Å². The molecule has 0 radical (unpaired) electrons. The second-order valence-electron chi connectivity index (χ2n) is 8.56. The van der Waals surface area contributed by atoms with Crippen molar-refractivity contribution in [3.05, 3.63) is 117 Å².